The Morgan fingerprint density at radius 1 is 1.23 bits per heavy atom. The molecule has 2 rings (SSSR count). The summed E-state index contributed by atoms with van der Waals surface area (Å²) in [6.45, 7) is 17.1. The second-order valence-electron chi connectivity index (χ2n) is 10.3. The summed E-state index contributed by atoms with van der Waals surface area (Å²) < 4.78 is 29.0. The molecular formula is C35H51FN2O6. The van der Waals surface area contributed by atoms with Crippen molar-refractivity contribution in [3.63, 3.8) is 0 Å². The Balaban J connectivity index is 0.000000441. The van der Waals surface area contributed by atoms with Crippen LogP contribution in [0, 0.1) is 5.92 Å². The van der Waals surface area contributed by atoms with E-state index in [1.165, 1.54) is 18.2 Å². The zero-order chi connectivity index (χ0) is 33.0. The van der Waals surface area contributed by atoms with E-state index >= 15 is 0 Å². The van der Waals surface area contributed by atoms with Crippen molar-refractivity contribution >= 4 is 17.7 Å². The fourth-order valence-electron chi connectivity index (χ4n) is 4.50. The third-order valence-corrected chi connectivity index (χ3v) is 7.25. The predicted octanol–water partition coefficient (Wildman–Crippen LogP) is 7.31. The Morgan fingerprint density at radius 3 is 2.45 bits per heavy atom. The van der Waals surface area contributed by atoms with Crippen LogP contribution in [0.2, 0.25) is 0 Å². The second-order valence-corrected chi connectivity index (χ2v) is 10.3. The van der Waals surface area contributed by atoms with Crippen LogP contribution in [0.4, 0.5) is 14.9 Å². The van der Waals surface area contributed by atoms with E-state index in [2.05, 4.69) is 31.0 Å². The Labute approximate surface area is 262 Å². The molecule has 1 aromatic carbocycles. The van der Waals surface area contributed by atoms with Crippen LogP contribution in [0.3, 0.4) is 0 Å². The monoisotopic (exact) mass is 614 g/mol. The number of carbonyl (C=O) groups is 2. The van der Waals surface area contributed by atoms with Crippen LogP contribution in [-0.4, -0.2) is 76.0 Å². The van der Waals surface area contributed by atoms with Crippen molar-refractivity contribution < 1.29 is 33.3 Å². The van der Waals surface area contributed by atoms with Crippen LogP contribution in [-0.2, 0) is 14.2 Å². The minimum absolute atomic E-state index is 0.123. The van der Waals surface area contributed by atoms with Gasteiger partial charge in [0.15, 0.2) is 0 Å². The van der Waals surface area contributed by atoms with E-state index in [1.807, 2.05) is 46.9 Å². The zero-order valence-electron chi connectivity index (χ0n) is 27.2. The van der Waals surface area contributed by atoms with E-state index in [0.717, 1.165) is 36.1 Å². The lowest BCUT2D eigenvalue weighted by Gasteiger charge is -2.25. The van der Waals surface area contributed by atoms with Gasteiger partial charge >= 0.3 is 12.1 Å². The van der Waals surface area contributed by atoms with Gasteiger partial charge in [0.1, 0.15) is 12.3 Å². The van der Waals surface area contributed by atoms with E-state index < -0.39 is 18.2 Å². The topological polar surface area (TPSA) is 97.3 Å². The van der Waals surface area contributed by atoms with Gasteiger partial charge in [-0.1, -0.05) is 62.5 Å². The number of benzene rings is 1. The molecule has 244 valence electrons. The SMILES string of the molecule is C=C/C=C(\C=C/CF)C(C)/C(=C\C(C)=C/COCC)COCC.CCC1(CCNC)CN(c2ccc(C(=O)O)cc2)C(=O)O1. The molecule has 8 nitrogen and oxygen atoms in total. The first-order chi connectivity index (χ1) is 21.1. The standard InChI is InChI=1S/C20H31FO2.C15H20N2O4/c1-6-10-19(11-9-13-21)18(5)20(16-23-8-3)15-17(4)12-14-22-7-2;1-3-15(8-9-16-2)10-17(14(20)21-15)12-6-4-11(5-7-12)13(18)19/h6,9-12,15,18H,1,7-8,13-14,16H2,2-5H3;4-7,16H,3,8-10H2,1-2H3,(H,18,19)/b11-9-,17-12-,19-10+,20-15-;. The molecule has 0 aliphatic carbocycles. The fourth-order valence-corrected chi connectivity index (χ4v) is 4.50. The van der Waals surface area contributed by atoms with Crippen molar-refractivity contribution in [2.75, 3.05) is 58.1 Å². The molecule has 1 fully saturated rings. The lowest BCUT2D eigenvalue weighted by molar-refractivity contribution is 0.0470. The molecule has 1 aliphatic heterocycles. The molecule has 0 radical (unpaired) electrons. The zero-order valence-corrected chi connectivity index (χ0v) is 27.2. The highest BCUT2D eigenvalue weighted by molar-refractivity contribution is 5.92. The Bertz CT molecular complexity index is 1160. The van der Waals surface area contributed by atoms with Gasteiger partial charge in [-0.2, -0.15) is 0 Å². The van der Waals surface area contributed by atoms with Gasteiger partial charge in [-0.05, 0) is 76.2 Å². The van der Waals surface area contributed by atoms with E-state index in [0.29, 0.717) is 38.7 Å². The number of aromatic carboxylic acids is 1. The van der Waals surface area contributed by atoms with Crippen LogP contribution in [0.1, 0.15) is 57.8 Å². The van der Waals surface area contributed by atoms with Crippen LogP contribution >= 0.6 is 0 Å². The highest BCUT2D eigenvalue weighted by Crippen LogP contribution is 2.33. The quantitative estimate of drug-likeness (QED) is 0.132. The van der Waals surface area contributed by atoms with Gasteiger partial charge in [-0.25, -0.2) is 14.0 Å². The Morgan fingerprint density at radius 2 is 1.91 bits per heavy atom. The summed E-state index contributed by atoms with van der Waals surface area (Å²) in [5.41, 5.74) is 3.67. The summed E-state index contributed by atoms with van der Waals surface area (Å²) in [6, 6.07) is 6.25. The van der Waals surface area contributed by atoms with Gasteiger partial charge in [0.2, 0.25) is 0 Å². The first kappa shape index (κ1) is 38.5. The molecule has 1 aromatic rings. The molecule has 1 amide bonds. The maximum Gasteiger partial charge on any atom is 0.415 e. The smallest absolute Gasteiger partial charge is 0.415 e. The molecule has 0 bridgehead atoms. The van der Waals surface area contributed by atoms with Crippen molar-refractivity contribution in [3.05, 3.63) is 89.6 Å². The van der Waals surface area contributed by atoms with Crippen molar-refractivity contribution in [3.8, 4) is 0 Å². The van der Waals surface area contributed by atoms with Gasteiger partial charge in [0.05, 0.1) is 25.3 Å². The van der Waals surface area contributed by atoms with E-state index in [4.69, 9.17) is 19.3 Å². The first-order valence-electron chi connectivity index (χ1n) is 15.2. The number of carboxylic acids is 1. The van der Waals surface area contributed by atoms with Crippen molar-refractivity contribution in [2.45, 2.75) is 53.1 Å². The van der Waals surface area contributed by atoms with E-state index in [-0.39, 0.29) is 17.6 Å². The number of anilines is 1. The van der Waals surface area contributed by atoms with Gasteiger partial charge in [-0.3, -0.25) is 4.90 Å². The lowest BCUT2D eigenvalue weighted by atomic mass is 9.90. The molecule has 1 aliphatic rings. The average Bonchev–Trinajstić information content (AvgIpc) is 3.36. The first-order valence-corrected chi connectivity index (χ1v) is 15.2. The molecule has 2 atom stereocenters. The minimum atomic E-state index is -0.984. The summed E-state index contributed by atoms with van der Waals surface area (Å²) >= 11 is 0. The van der Waals surface area contributed by atoms with Gasteiger partial charge in [0, 0.05) is 31.2 Å². The predicted molar refractivity (Wildman–Crippen MR) is 176 cm³/mol. The summed E-state index contributed by atoms with van der Waals surface area (Å²) in [5, 5.41) is 12.0. The Hall–Kier alpha value is -3.53. The number of allylic oxidation sites excluding steroid dienone is 7. The number of nitrogens with one attached hydrogen (secondary N) is 1. The number of ether oxygens (including phenoxy) is 3. The normalized spacial score (nSPS) is 18.2. The summed E-state index contributed by atoms with van der Waals surface area (Å²) in [6.07, 6.45) is 12.2. The molecule has 0 saturated carbocycles. The molecule has 0 aromatic heterocycles. The number of carbonyl (C=O) groups excluding carboxylic acids is 1. The van der Waals surface area contributed by atoms with Crippen LogP contribution in [0.25, 0.3) is 0 Å². The number of cyclic esters (lactones) is 1. The van der Waals surface area contributed by atoms with Gasteiger partial charge < -0.3 is 24.6 Å². The average molecular weight is 615 g/mol. The number of hydrogen-bond acceptors (Lipinski definition) is 6. The molecule has 44 heavy (non-hydrogen) atoms. The highest BCUT2D eigenvalue weighted by Gasteiger charge is 2.43. The number of amides is 1. The number of nitrogens with zero attached hydrogens (tertiary/aromatic N) is 1. The summed E-state index contributed by atoms with van der Waals surface area (Å²) in [5.74, 6) is -0.861. The number of rotatable bonds is 18. The molecule has 0 spiro atoms. The van der Waals surface area contributed by atoms with Gasteiger partial charge in [-0.15, -0.1) is 0 Å². The maximum absolute atomic E-state index is 12.4. The maximum atomic E-state index is 12.4. The van der Waals surface area contributed by atoms with E-state index in [1.54, 1.807) is 23.1 Å². The molecule has 1 saturated heterocycles. The third-order valence-electron chi connectivity index (χ3n) is 7.25. The van der Waals surface area contributed by atoms with Crippen LogP contribution in [0.5, 0.6) is 0 Å². The van der Waals surface area contributed by atoms with Crippen molar-refractivity contribution in [1.82, 2.24) is 5.32 Å². The molecular weight excluding hydrogens is 563 g/mol. The summed E-state index contributed by atoms with van der Waals surface area (Å²) in [7, 11) is 1.86. The van der Waals surface area contributed by atoms with E-state index in [9.17, 15) is 14.0 Å². The molecule has 2 N–H and O–H groups in total. The third kappa shape index (κ3) is 13.0. The van der Waals surface area contributed by atoms with Crippen molar-refractivity contribution in [2.24, 2.45) is 5.92 Å². The van der Waals surface area contributed by atoms with Crippen molar-refractivity contribution in [1.29, 1.82) is 0 Å². The second kappa shape index (κ2) is 21.2. The van der Waals surface area contributed by atoms with Crippen LogP contribution < -0.4 is 10.2 Å². The number of hydrogen-bond donors (Lipinski definition) is 2. The highest BCUT2D eigenvalue weighted by atomic mass is 19.1. The number of alkyl halides is 1. The number of carboxylic acid groups (broad SMARTS) is 1. The fraction of sp³-hybridized carbons (Fsp3) is 0.486. The largest absolute Gasteiger partial charge is 0.478 e. The molecule has 9 heteroatoms. The minimum Gasteiger partial charge on any atom is -0.478 e. The Kier molecular flexibility index (Phi) is 18.6. The number of halogens is 1. The molecule has 1 heterocycles. The molecule has 2 unspecified atom stereocenters. The summed E-state index contributed by atoms with van der Waals surface area (Å²) in [4.78, 5) is 24.5. The lowest BCUT2D eigenvalue weighted by Crippen LogP contribution is -2.36. The van der Waals surface area contributed by atoms with Crippen LogP contribution in [0.15, 0.2) is 84.0 Å². The van der Waals surface area contributed by atoms with Gasteiger partial charge in [0.25, 0.3) is 0 Å².